The average molecular weight is 376 g/mol. The van der Waals surface area contributed by atoms with Crippen LogP contribution in [0.25, 0.3) is 0 Å². The number of nitrogens with zero attached hydrogens (tertiary/aromatic N) is 1. The molecule has 26 heavy (non-hydrogen) atoms. The highest BCUT2D eigenvalue weighted by Crippen LogP contribution is 2.23. The van der Waals surface area contributed by atoms with E-state index in [4.69, 9.17) is 9.47 Å². The molecule has 1 fully saturated rings. The van der Waals surface area contributed by atoms with Crippen molar-refractivity contribution in [1.29, 1.82) is 0 Å². The topological polar surface area (TPSA) is 21.7 Å². The third-order valence-corrected chi connectivity index (χ3v) is 5.19. The second kappa shape index (κ2) is 10.4. The number of halogens is 1. The Morgan fingerprint density at radius 1 is 1.04 bits per heavy atom. The normalized spacial score (nSPS) is 16.9. The van der Waals surface area contributed by atoms with Crippen LogP contribution in [0.5, 0.6) is 11.5 Å². The first-order valence-corrected chi connectivity index (χ1v) is 9.30. The molecule has 1 atom stereocenters. The minimum absolute atomic E-state index is 0. The summed E-state index contributed by atoms with van der Waals surface area (Å²) in [5, 5.41) is 0. The first kappa shape index (κ1) is 20.6. The lowest BCUT2D eigenvalue weighted by atomic mass is 10.0. The summed E-state index contributed by atoms with van der Waals surface area (Å²) in [4.78, 5) is 2.46. The SMILES string of the molecule is COc1ccc(CCc2ccccc2OCCC2CCCN2C)cc1.Cl. The molecule has 0 aliphatic carbocycles. The van der Waals surface area contributed by atoms with Crippen LogP contribution >= 0.6 is 12.4 Å². The number of aryl methyl sites for hydroxylation is 2. The zero-order valence-corrected chi connectivity index (χ0v) is 16.6. The maximum Gasteiger partial charge on any atom is 0.122 e. The lowest BCUT2D eigenvalue weighted by Crippen LogP contribution is -2.26. The van der Waals surface area contributed by atoms with Crippen molar-refractivity contribution >= 4 is 12.4 Å². The summed E-state index contributed by atoms with van der Waals surface area (Å²) >= 11 is 0. The van der Waals surface area contributed by atoms with Crippen LogP contribution in [0.2, 0.25) is 0 Å². The predicted octanol–water partition coefficient (Wildman–Crippen LogP) is 4.77. The molecule has 1 saturated heterocycles. The summed E-state index contributed by atoms with van der Waals surface area (Å²) in [6, 6.07) is 17.4. The number of methoxy groups -OCH3 is 1. The third-order valence-electron chi connectivity index (χ3n) is 5.19. The minimum atomic E-state index is 0. The van der Waals surface area contributed by atoms with Gasteiger partial charge in [-0.05, 0) is 75.0 Å². The lowest BCUT2D eigenvalue weighted by molar-refractivity contribution is 0.232. The Morgan fingerprint density at radius 3 is 2.50 bits per heavy atom. The molecule has 1 aliphatic heterocycles. The van der Waals surface area contributed by atoms with Crippen molar-refractivity contribution in [2.24, 2.45) is 0 Å². The van der Waals surface area contributed by atoms with Gasteiger partial charge in [-0.2, -0.15) is 0 Å². The van der Waals surface area contributed by atoms with Crippen molar-refractivity contribution in [2.75, 3.05) is 27.3 Å². The summed E-state index contributed by atoms with van der Waals surface area (Å²) in [7, 11) is 3.92. The van der Waals surface area contributed by atoms with Gasteiger partial charge < -0.3 is 14.4 Å². The molecule has 0 saturated carbocycles. The molecule has 3 rings (SSSR count). The second-order valence-corrected chi connectivity index (χ2v) is 6.87. The van der Waals surface area contributed by atoms with Gasteiger partial charge in [0.25, 0.3) is 0 Å². The maximum atomic E-state index is 6.13. The van der Waals surface area contributed by atoms with Crippen molar-refractivity contribution in [1.82, 2.24) is 4.90 Å². The van der Waals surface area contributed by atoms with Crippen LogP contribution in [0, 0.1) is 0 Å². The first-order valence-electron chi connectivity index (χ1n) is 9.30. The molecule has 2 aromatic rings. The number of hydrogen-bond donors (Lipinski definition) is 0. The van der Waals surface area contributed by atoms with Gasteiger partial charge in [-0.1, -0.05) is 30.3 Å². The number of ether oxygens (including phenoxy) is 2. The summed E-state index contributed by atoms with van der Waals surface area (Å²) in [6.45, 7) is 2.03. The number of rotatable bonds is 8. The molecular weight excluding hydrogens is 346 g/mol. The maximum absolute atomic E-state index is 6.13. The molecule has 0 amide bonds. The first-order chi connectivity index (χ1) is 12.3. The monoisotopic (exact) mass is 375 g/mol. The van der Waals surface area contributed by atoms with Crippen molar-refractivity contribution < 1.29 is 9.47 Å². The molecular formula is C22H30ClNO2. The molecule has 3 nitrogen and oxygen atoms in total. The predicted molar refractivity (Wildman–Crippen MR) is 110 cm³/mol. The Balaban J connectivity index is 0.00000243. The number of hydrogen-bond acceptors (Lipinski definition) is 3. The zero-order chi connectivity index (χ0) is 17.5. The number of benzene rings is 2. The van der Waals surface area contributed by atoms with Gasteiger partial charge in [-0.25, -0.2) is 0 Å². The van der Waals surface area contributed by atoms with E-state index in [1.807, 2.05) is 12.1 Å². The fourth-order valence-electron chi connectivity index (χ4n) is 3.57. The van der Waals surface area contributed by atoms with Crippen LogP contribution in [0.4, 0.5) is 0 Å². The Labute approximate surface area is 163 Å². The third kappa shape index (κ3) is 5.65. The quantitative estimate of drug-likeness (QED) is 0.663. The molecule has 142 valence electrons. The number of likely N-dealkylation sites (tertiary alicyclic amines) is 1. The second-order valence-electron chi connectivity index (χ2n) is 6.87. The largest absolute Gasteiger partial charge is 0.497 e. The minimum Gasteiger partial charge on any atom is -0.497 e. The van der Waals surface area contributed by atoms with E-state index in [1.54, 1.807) is 7.11 Å². The van der Waals surface area contributed by atoms with Gasteiger partial charge in [0.05, 0.1) is 13.7 Å². The Kier molecular flexibility index (Phi) is 8.27. The van der Waals surface area contributed by atoms with Crippen LogP contribution in [0.1, 0.15) is 30.4 Å². The smallest absolute Gasteiger partial charge is 0.122 e. The van der Waals surface area contributed by atoms with Gasteiger partial charge in [0.1, 0.15) is 11.5 Å². The van der Waals surface area contributed by atoms with E-state index >= 15 is 0 Å². The summed E-state index contributed by atoms with van der Waals surface area (Å²) in [5.74, 6) is 1.95. The standard InChI is InChI=1S/C22H29NO2.ClH/c1-23-16-5-7-20(23)15-17-25-22-8-4-3-6-19(22)12-9-18-10-13-21(24-2)14-11-18;/h3-4,6,8,10-11,13-14,20H,5,7,9,12,15-17H2,1-2H3;1H. The molecule has 0 bridgehead atoms. The van der Waals surface area contributed by atoms with Crippen molar-refractivity contribution in [3.8, 4) is 11.5 Å². The fourth-order valence-corrected chi connectivity index (χ4v) is 3.57. The van der Waals surface area contributed by atoms with E-state index in [1.165, 1.54) is 30.5 Å². The van der Waals surface area contributed by atoms with Crippen molar-refractivity contribution in [3.63, 3.8) is 0 Å². The van der Waals surface area contributed by atoms with Crippen LogP contribution in [-0.2, 0) is 12.8 Å². The average Bonchev–Trinajstić information content (AvgIpc) is 3.06. The van der Waals surface area contributed by atoms with Gasteiger partial charge in [0.15, 0.2) is 0 Å². The molecule has 0 spiro atoms. The molecule has 0 aromatic heterocycles. The van der Waals surface area contributed by atoms with Gasteiger partial charge >= 0.3 is 0 Å². The van der Waals surface area contributed by atoms with E-state index in [2.05, 4.69) is 48.3 Å². The van der Waals surface area contributed by atoms with E-state index in [-0.39, 0.29) is 12.4 Å². The lowest BCUT2D eigenvalue weighted by Gasteiger charge is -2.20. The summed E-state index contributed by atoms with van der Waals surface area (Å²) < 4.78 is 11.3. The zero-order valence-electron chi connectivity index (χ0n) is 15.8. The van der Waals surface area contributed by atoms with Gasteiger partial charge in [0.2, 0.25) is 0 Å². The van der Waals surface area contributed by atoms with Crippen LogP contribution < -0.4 is 9.47 Å². The van der Waals surface area contributed by atoms with E-state index < -0.39 is 0 Å². The van der Waals surface area contributed by atoms with Gasteiger partial charge in [-0.15, -0.1) is 12.4 Å². The van der Waals surface area contributed by atoms with Crippen LogP contribution in [0.15, 0.2) is 48.5 Å². The van der Waals surface area contributed by atoms with Crippen molar-refractivity contribution in [2.45, 2.75) is 38.1 Å². The highest BCUT2D eigenvalue weighted by Gasteiger charge is 2.20. The molecule has 1 heterocycles. The van der Waals surface area contributed by atoms with E-state index in [0.29, 0.717) is 6.04 Å². The molecule has 0 radical (unpaired) electrons. The Bertz CT molecular complexity index is 659. The number of para-hydroxylation sites is 1. The highest BCUT2D eigenvalue weighted by molar-refractivity contribution is 5.85. The Morgan fingerprint density at radius 2 is 1.81 bits per heavy atom. The van der Waals surface area contributed by atoms with Crippen LogP contribution in [0.3, 0.4) is 0 Å². The van der Waals surface area contributed by atoms with E-state index in [9.17, 15) is 0 Å². The molecule has 1 unspecified atom stereocenters. The van der Waals surface area contributed by atoms with Gasteiger partial charge in [-0.3, -0.25) is 0 Å². The molecule has 0 N–H and O–H groups in total. The molecule has 2 aromatic carbocycles. The highest BCUT2D eigenvalue weighted by atomic mass is 35.5. The van der Waals surface area contributed by atoms with Crippen molar-refractivity contribution in [3.05, 3.63) is 59.7 Å². The molecule has 1 aliphatic rings. The van der Waals surface area contributed by atoms with Gasteiger partial charge in [0, 0.05) is 6.04 Å². The van der Waals surface area contributed by atoms with Crippen LogP contribution in [-0.4, -0.2) is 38.3 Å². The molecule has 4 heteroatoms. The fraction of sp³-hybridized carbons (Fsp3) is 0.455. The summed E-state index contributed by atoms with van der Waals surface area (Å²) in [5.41, 5.74) is 2.61. The Hall–Kier alpha value is -1.71. The summed E-state index contributed by atoms with van der Waals surface area (Å²) in [6.07, 6.45) is 5.74. The van der Waals surface area contributed by atoms with E-state index in [0.717, 1.165) is 37.4 Å².